The van der Waals surface area contributed by atoms with Crippen LogP contribution in [0.2, 0.25) is 18.1 Å². The van der Waals surface area contributed by atoms with E-state index in [1.54, 1.807) is 11.3 Å². The van der Waals surface area contributed by atoms with Crippen molar-refractivity contribution in [3.8, 4) is 0 Å². The molecule has 0 fully saturated rings. The molecule has 2 aliphatic rings. The Bertz CT molecular complexity index is 1310. The van der Waals surface area contributed by atoms with E-state index in [-0.39, 0.29) is 27.9 Å². The molecule has 0 bridgehead atoms. The number of aryl methyl sites for hydroxylation is 1. The van der Waals surface area contributed by atoms with Gasteiger partial charge in [-0.05, 0) is 62.4 Å². The second-order valence-electron chi connectivity index (χ2n) is 15.9. The quantitative estimate of drug-likeness (QED) is 0.336. The Morgan fingerprint density at radius 3 is 2.29 bits per heavy atom. The van der Waals surface area contributed by atoms with Crippen molar-refractivity contribution < 1.29 is 14.3 Å². The largest absolute Gasteiger partial charge is 0.559 e. The number of ether oxygens (including phenoxy) is 1. The van der Waals surface area contributed by atoms with Gasteiger partial charge in [0.2, 0.25) is 0 Å². The van der Waals surface area contributed by atoms with Crippen LogP contribution in [0.15, 0.2) is 6.08 Å². The predicted molar refractivity (Wildman–Crippen MR) is 174 cm³/mol. The molecule has 5 nitrogen and oxygen atoms in total. The van der Waals surface area contributed by atoms with Crippen molar-refractivity contribution in [2.75, 3.05) is 13.2 Å². The van der Waals surface area contributed by atoms with Gasteiger partial charge in [0, 0.05) is 27.8 Å². The minimum atomic E-state index is -2.11. The van der Waals surface area contributed by atoms with E-state index in [0.717, 1.165) is 52.5 Å². The number of pyridine rings is 1. The standard InChI is InChI=1S/C34H54N2O3SSi/c1-20(2)28-27(29(37)31-35-21(3)30(40-31)32(4,5)6)25(22-14-16-38-17-15-22)26-23(36-28)18-34(10,11)19-24(26)39-41(12,13)33(7,8)9/h14,20,24,29,37H,15-19H2,1-13H3/q-1/t24-,29+/m0/s1. The highest BCUT2D eigenvalue weighted by molar-refractivity contribution is 7.12. The summed E-state index contributed by atoms with van der Waals surface area (Å²) in [6, 6.07) is 0. The summed E-state index contributed by atoms with van der Waals surface area (Å²) in [6.45, 7) is 30.7. The van der Waals surface area contributed by atoms with Crippen molar-refractivity contribution in [3.05, 3.63) is 49.7 Å². The molecule has 41 heavy (non-hydrogen) atoms. The van der Waals surface area contributed by atoms with E-state index in [4.69, 9.17) is 19.1 Å². The summed E-state index contributed by atoms with van der Waals surface area (Å²) in [6.07, 6.45) is 3.94. The fraction of sp³-hybridized carbons (Fsp3) is 0.706. The first-order valence-electron chi connectivity index (χ1n) is 15.4. The molecular weight excluding hydrogens is 545 g/mol. The van der Waals surface area contributed by atoms with Crippen molar-refractivity contribution in [1.29, 1.82) is 0 Å². The maximum Gasteiger partial charge on any atom is 0.133 e. The van der Waals surface area contributed by atoms with Gasteiger partial charge in [0.25, 0.3) is 0 Å². The van der Waals surface area contributed by atoms with E-state index < -0.39 is 14.4 Å². The number of nitrogens with zero attached hydrogens (tertiary/aromatic N) is 2. The van der Waals surface area contributed by atoms with Crippen molar-refractivity contribution in [2.45, 2.75) is 137 Å². The van der Waals surface area contributed by atoms with Crippen LogP contribution in [-0.4, -0.2) is 36.6 Å². The molecule has 229 valence electrons. The zero-order chi connectivity index (χ0) is 30.7. The Hall–Kier alpha value is -1.38. The van der Waals surface area contributed by atoms with Crippen LogP contribution < -0.4 is 0 Å². The lowest BCUT2D eigenvalue weighted by Crippen LogP contribution is -2.44. The third-order valence-corrected chi connectivity index (χ3v) is 15.3. The van der Waals surface area contributed by atoms with Gasteiger partial charge in [-0.3, -0.25) is 4.98 Å². The van der Waals surface area contributed by atoms with Gasteiger partial charge in [-0.15, -0.1) is 29.5 Å². The zero-order valence-corrected chi connectivity index (χ0v) is 29.7. The summed E-state index contributed by atoms with van der Waals surface area (Å²) in [5.74, 6) is 0.150. The normalized spacial score (nSPS) is 20.7. The Morgan fingerprint density at radius 2 is 1.78 bits per heavy atom. The first-order valence-corrected chi connectivity index (χ1v) is 19.1. The molecule has 0 radical (unpaired) electrons. The Kier molecular flexibility index (Phi) is 8.95. The molecule has 3 heterocycles. The second-order valence-corrected chi connectivity index (χ2v) is 21.7. The van der Waals surface area contributed by atoms with E-state index in [1.165, 1.54) is 16.0 Å². The zero-order valence-electron chi connectivity index (χ0n) is 27.9. The first kappa shape index (κ1) is 32.5. The second kappa shape index (κ2) is 11.3. The summed E-state index contributed by atoms with van der Waals surface area (Å²) >= 11 is 1.64. The van der Waals surface area contributed by atoms with E-state index in [1.807, 2.05) is 0 Å². The molecule has 0 saturated carbocycles. The van der Waals surface area contributed by atoms with Gasteiger partial charge in [0.15, 0.2) is 0 Å². The number of aliphatic hydroxyl groups is 1. The predicted octanol–water partition coefficient (Wildman–Crippen LogP) is 9.19. The van der Waals surface area contributed by atoms with E-state index in [0.29, 0.717) is 13.2 Å². The number of thiazole rings is 1. The number of aromatic nitrogens is 2. The molecule has 4 rings (SSSR count). The SMILES string of the molecule is Cc1nc([C@H](O)c2c(C(C)C)nc3c(c2C2=CCOCC2)[C@@H](O[Si-](C)(C)C(C)(C)C)CC(C)(C)C3)sc1C(C)(C)C. The molecule has 0 unspecified atom stereocenters. The first-order chi connectivity index (χ1) is 18.7. The molecule has 2 aromatic heterocycles. The summed E-state index contributed by atoms with van der Waals surface area (Å²) in [7, 11) is -2.11. The molecule has 0 aromatic carbocycles. The number of hydrogen-bond acceptors (Lipinski definition) is 6. The minimum absolute atomic E-state index is 0.0333. The highest BCUT2D eigenvalue weighted by atomic mass is 32.1. The van der Waals surface area contributed by atoms with Crippen LogP contribution in [-0.2, 0) is 21.0 Å². The van der Waals surface area contributed by atoms with Gasteiger partial charge < -0.3 is 14.3 Å². The monoisotopic (exact) mass is 598 g/mol. The lowest BCUT2D eigenvalue weighted by molar-refractivity contribution is 0.105. The van der Waals surface area contributed by atoms with Gasteiger partial charge in [-0.25, -0.2) is 4.98 Å². The van der Waals surface area contributed by atoms with Crippen LogP contribution in [0.1, 0.15) is 144 Å². The molecule has 0 amide bonds. The topological polar surface area (TPSA) is 64.5 Å². The maximum atomic E-state index is 12.3. The Balaban J connectivity index is 2.04. The molecule has 0 saturated heterocycles. The molecule has 2 aromatic rings. The molecule has 7 heteroatoms. The van der Waals surface area contributed by atoms with E-state index >= 15 is 0 Å². The lowest BCUT2D eigenvalue weighted by Gasteiger charge is -2.53. The van der Waals surface area contributed by atoms with Crippen LogP contribution in [0.5, 0.6) is 0 Å². The number of aliphatic hydroxyl groups excluding tert-OH is 1. The van der Waals surface area contributed by atoms with Crippen LogP contribution in [0.25, 0.3) is 5.57 Å². The van der Waals surface area contributed by atoms with Gasteiger partial charge in [-0.2, -0.15) is 0 Å². The van der Waals surface area contributed by atoms with Crippen LogP contribution >= 0.6 is 11.3 Å². The molecule has 0 spiro atoms. The van der Waals surface area contributed by atoms with Crippen molar-refractivity contribution in [2.24, 2.45) is 5.41 Å². The summed E-state index contributed by atoms with van der Waals surface area (Å²) in [4.78, 5) is 11.6. The average molecular weight is 599 g/mol. The van der Waals surface area contributed by atoms with Crippen molar-refractivity contribution in [1.82, 2.24) is 9.97 Å². The van der Waals surface area contributed by atoms with E-state index in [2.05, 4.69) is 95.3 Å². The fourth-order valence-electron chi connectivity index (χ4n) is 6.10. The molecule has 2 atom stereocenters. The number of hydrogen-bond donors (Lipinski definition) is 1. The Labute approximate surface area is 254 Å². The van der Waals surface area contributed by atoms with Crippen molar-refractivity contribution in [3.63, 3.8) is 0 Å². The van der Waals surface area contributed by atoms with Gasteiger partial charge in [-0.1, -0.05) is 75.3 Å². The average Bonchev–Trinajstić information content (AvgIpc) is 3.23. The minimum Gasteiger partial charge on any atom is -0.559 e. The molecule has 1 aliphatic carbocycles. The maximum absolute atomic E-state index is 12.3. The van der Waals surface area contributed by atoms with Crippen LogP contribution in [0.3, 0.4) is 0 Å². The van der Waals surface area contributed by atoms with E-state index in [9.17, 15) is 5.11 Å². The summed E-state index contributed by atoms with van der Waals surface area (Å²) in [5, 5.41) is 13.1. The Morgan fingerprint density at radius 1 is 1.12 bits per heavy atom. The fourth-order valence-corrected chi connectivity index (χ4v) is 8.48. The summed E-state index contributed by atoms with van der Waals surface area (Å²) < 4.78 is 13.1. The third kappa shape index (κ3) is 6.59. The van der Waals surface area contributed by atoms with Crippen LogP contribution in [0, 0.1) is 12.3 Å². The van der Waals surface area contributed by atoms with Crippen LogP contribution in [0.4, 0.5) is 0 Å². The van der Waals surface area contributed by atoms with Gasteiger partial charge in [0.1, 0.15) is 11.1 Å². The molecular formula is C34H54N2O3SSi-. The van der Waals surface area contributed by atoms with Gasteiger partial charge >= 0.3 is 0 Å². The number of rotatable bonds is 6. The number of fused-ring (bicyclic) bond motifs is 1. The molecule has 1 aliphatic heterocycles. The van der Waals surface area contributed by atoms with Gasteiger partial charge in [0.05, 0.1) is 24.6 Å². The smallest absolute Gasteiger partial charge is 0.133 e. The third-order valence-electron chi connectivity index (χ3n) is 9.16. The van der Waals surface area contributed by atoms with Crippen molar-refractivity contribution >= 4 is 25.2 Å². The lowest BCUT2D eigenvalue weighted by atomic mass is 9.71. The summed E-state index contributed by atoms with van der Waals surface area (Å²) in [5.41, 5.74) is 7.67. The highest BCUT2D eigenvalue weighted by Gasteiger charge is 2.41. The molecule has 1 N–H and O–H groups in total. The highest BCUT2D eigenvalue weighted by Crippen LogP contribution is 2.52.